The Labute approximate surface area is 141 Å². The highest BCUT2D eigenvalue weighted by molar-refractivity contribution is 5.81. The number of rotatable bonds is 5. The molecule has 1 fully saturated rings. The Morgan fingerprint density at radius 2 is 2.25 bits per heavy atom. The van der Waals surface area contributed by atoms with Crippen LogP contribution >= 0.6 is 0 Å². The number of fused-ring (bicyclic) bond motifs is 1. The van der Waals surface area contributed by atoms with Gasteiger partial charge in [0, 0.05) is 23.4 Å². The van der Waals surface area contributed by atoms with Gasteiger partial charge in [0.05, 0.1) is 13.1 Å². The average Bonchev–Trinajstić information content (AvgIpc) is 2.52. The fourth-order valence-corrected chi connectivity index (χ4v) is 3.56. The number of aliphatic hydroxyl groups excluding tert-OH is 1. The van der Waals surface area contributed by atoms with E-state index in [0.717, 1.165) is 30.0 Å². The molecular formula is C19H26NO4+. The molecule has 3 rings (SSSR count). The summed E-state index contributed by atoms with van der Waals surface area (Å²) >= 11 is 0. The predicted octanol–water partition coefficient (Wildman–Crippen LogP) is 1.16. The second-order valence-electron chi connectivity index (χ2n) is 7.03. The van der Waals surface area contributed by atoms with Gasteiger partial charge in [-0.1, -0.05) is 6.92 Å². The Bertz CT molecular complexity index is 755. The Morgan fingerprint density at radius 3 is 3.04 bits per heavy atom. The van der Waals surface area contributed by atoms with E-state index in [1.165, 1.54) is 23.8 Å². The van der Waals surface area contributed by atoms with Crippen molar-refractivity contribution in [2.45, 2.75) is 32.8 Å². The van der Waals surface area contributed by atoms with Crippen molar-refractivity contribution >= 4 is 11.0 Å². The molecule has 1 saturated heterocycles. The molecule has 130 valence electrons. The van der Waals surface area contributed by atoms with Crippen LogP contribution in [-0.2, 0) is 0 Å². The highest BCUT2D eigenvalue weighted by Crippen LogP contribution is 2.22. The summed E-state index contributed by atoms with van der Waals surface area (Å²) in [4.78, 5) is 12.9. The fraction of sp³-hybridized carbons (Fsp3) is 0.526. The smallest absolute Gasteiger partial charge is 0.336 e. The van der Waals surface area contributed by atoms with Crippen LogP contribution in [0.4, 0.5) is 0 Å². The molecule has 1 aromatic carbocycles. The van der Waals surface area contributed by atoms with Gasteiger partial charge in [-0.15, -0.1) is 0 Å². The molecule has 0 bridgehead atoms. The maximum Gasteiger partial charge on any atom is 0.336 e. The number of benzene rings is 1. The van der Waals surface area contributed by atoms with Gasteiger partial charge in [-0.3, -0.25) is 0 Å². The second-order valence-corrected chi connectivity index (χ2v) is 7.03. The quantitative estimate of drug-likeness (QED) is 0.807. The molecule has 0 saturated carbocycles. The summed E-state index contributed by atoms with van der Waals surface area (Å²) in [5, 5.41) is 11.1. The van der Waals surface area contributed by atoms with Crippen LogP contribution in [0, 0.1) is 12.8 Å². The van der Waals surface area contributed by atoms with Crippen molar-refractivity contribution in [1.82, 2.24) is 0 Å². The summed E-state index contributed by atoms with van der Waals surface area (Å²) in [6, 6.07) is 6.92. The van der Waals surface area contributed by atoms with Gasteiger partial charge in [0.25, 0.3) is 0 Å². The van der Waals surface area contributed by atoms with Crippen LogP contribution in [0.1, 0.15) is 25.3 Å². The zero-order valence-electron chi connectivity index (χ0n) is 14.4. The third-order valence-electron chi connectivity index (χ3n) is 4.75. The van der Waals surface area contributed by atoms with E-state index in [-0.39, 0.29) is 12.2 Å². The molecule has 2 N–H and O–H groups in total. The lowest BCUT2D eigenvalue weighted by molar-refractivity contribution is -0.911. The maximum absolute atomic E-state index is 11.5. The first kappa shape index (κ1) is 17.0. The topological polar surface area (TPSA) is 64.1 Å². The lowest BCUT2D eigenvalue weighted by Gasteiger charge is -2.29. The van der Waals surface area contributed by atoms with Crippen molar-refractivity contribution in [3.8, 4) is 5.75 Å². The van der Waals surface area contributed by atoms with Crippen LogP contribution in [0.15, 0.2) is 33.5 Å². The molecule has 5 nitrogen and oxygen atoms in total. The second kappa shape index (κ2) is 7.36. The number of piperidine rings is 1. The van der Waals surface area contributed by atoms with Crippen molar-refractivity contribution < 1.29 is 19.2 Å². The van der Waals surface area contributed by atoms with Gasteiger partial charge in [0.15, 0.2) is 0 Å². The van der Waals surface area contributed by atoms with Crippen molar-refractivity contribution in [3.63, 3.8) is 0 Å². The molecule has 1 aromatic heterocycles. The van der Waals surface area contributed by atoms with Crippen LogP contribution < -0.4 is 15.3 Å². The summed E-state index contributed by atoms with van der Waals surface area (Å²) in [6.45, 7) is 7.36. The molecule has 1 aliphatic rings. The molecule has 0 spiro atoms. The van der Waals surface area contributed by atoms with Crippen molar-refractivity contribution in [1.29, 1.82) is 0 Å². The van der Waals surface area contributed by atoms with E-state index in [1.54, 1.807) is 6.07 Å². The fourth-order valence-electron chi connectivity index (χ4n) is 3.56. The first-order valence-corrected chi connectivity index (χ1v) is 8.70. The molecule has 3 atom stereocenters. The summed E-state index contributed by atoms with van der Waals surface area (Å²) < 4.78 is 10.9. The first-order chi connectivity index (χ1) is 11.5. The Morgan fingerprint density at radius 1 is 1.42 bits per heavy atom. The highest BCUT2D eigenvalue weighted by atomic mass is 16.5. The number of hydrogen-bond donors (Lipinski definition) is 2. The van der Waals surface area contributed by atoms with Crippen LogP contribution in [0.2, 0.25) is 0 Å². The minimum atomic E-state index is -0.495. The summed E-state index contributed by atoms with van der Waals surface area (Å²) in [5.74, 6) is 1.34. The number of ether oxygens (including phenoxy) is 1. The van der Waals surface area contributed by atoms with Crippen LogP contribution in [0.3, 0.4) is 0 Å². The third-order valence-corrected chi connectivity index (χ3v) is 4.75. The van der Waals surface area contributed by atoms with Crippen molar-refractivity contribution in [3.05, 3.63) is 40.2 Å². The molecule has 24 heavy (non-hydrogen) atoms. The molecule has 1 unspecified atom stereocenters. The number of nitrogens with one attached hydrogen (secondary N) is 1. The molecule has 5 heteroatoms. The third kappa shape index (κ3) is 4.16. The monoisotopic (exact) mass is 332 g/mol. The zero-order chi connectivity index (χ0) is 17.1. The van der Waals surface area contributed by atoms with Gasteiger partial charge in [-0.05, 0) is 37.5 Å². The number of aliphatic hydroxyl groups is 1. The summed E-state index contributed by atoms with van der Waals surface area (Å²) in [5.41, 5.74) is 1.04. The van der Waals surface area contributed by atoms with Crippen LogP contribution in [0.25, 0.3) is 11.0 Å². The molecular weight excluding hydrogens is 306 g/mol. The summed E-state index contributed by atoms with van der Waals surface area (Å²) in [6.07, 6.45) is 2.02. The maximum atomic E-state index is 11.5. The Hall–Kier alpha value is -1.85. The number of hydrogen-bond acceptors (Lipinski definition) is 4. The lowest BCUT2D eigenvalue weighted by atomic mass is 10.0. The molecule has 0 amide bonds. The van der Waals surface area contributed by atoms with Crippen LogP contribution in [-0.4, -0.2) is 37.5 Å². The van der Waals surface area contributed by atoms with E-state index >= 15 is 0 Å². The Kier molecular flexibility index (Phi) is 5.21. The molecule has 2 heterocycles. The minimum Gasteiger partial charge on any atom is -0.491 e. The standard InChI is InChI=1S/C19H25NO4/c1-13-4-3-7-20(10-13)11-15(21)12-23-16-5-6-17-14(2)8-19(22)24-18(17)9-16/h5-6,8-9,13,15,21H,3-4,7,10-12H2,1-2H3/p+1/t13-,15-/m0/s1. The minimum absolute atomic E-state index is 0.249. The van der Waals surface area contributed by atoms with Gasteiger partial charge >= 0.3 is 5.63 Å². The lowest BCUT2D eigenvalue weighted by Crippen LogP contribution is -3.14. The molecule has 1 aliphatic heterocycles. The average molecular weight is 332 g/mol. The Balaban J connectivity index is 1.59. The molecule has 0 radical (unpaired) electrons. The van der Waals surface area contributed by atoms with Gasteiger partial charge in [0.2, 0.25) is 0 Å². The van der Waals surface area contributed by atoms with Crippen molar-refractivity contribution in [2.75, 3.05) is 26.2 Å². The van der Waals surface area contributed by atoms with Crippen molar-refractivity contribution in [2.24, 2.45) is 5.92 Å². The number of aryl methyl sites for hydroxylation is 1. The van der Waals surface area contributed by atoms with Crippen LogP contribution in [0.5, 0.6) is 5.75 Å². The first-order valence-electron chi connectivity index (χ1n) is 8.70. The van der Waals surface area contributed by atoms with E-state index in [1.807, 2.05) is 19.1 Å². The number of likely N-dealkylation sites (tertiary alicyclic amines) is 1. The van der Waals surface area contributed by atoms with Gasteiger partial charge in [-0.25, -0.2) is 4.79 Å². The van der Waals surface area contributed by atoms with Gasteiger partial charge < -0.3 is 19.2 Å². The van der Waals surface area contributed by atoms with Gasteiger partial charge in [0.1, 0.15) is 30.6 Å². The van der Waals surface area contributed by atoms with E-state index in [9.17, 15) is 9.90 Å². The zero-order valence-corrected chi connectivity index (χ0v) is 14.4. The SMILES string of the molecule is Cc1cc(=O)oc2cc(OC[C@@H](O)C[NH+]3CCC[C@H](C)C3)ccc12. The normalized spacial score (nSPS) is 22.5. The van der Waals surface area contributed by atoms with Gasteiger partial charge in [-0.2, -0.15) is 0 Å². The molecule has 2 aromatic rings. The van der Waals surface area contributed by atoms with E-state index in [0.29, 0.717) is 17.9 Å². The van der Waals surface area contributed by atoms with E-state index in [4.69, 9.17) is 9.15 Å². The predicted molar refractivity (Wildman–Crippen MR) is 92.7 cm³/mol. The highest BCUT2D eigenvalue weighted by Gasteiger charge is 2.22. The van der Waals surface area contributed by atoms with E-state index in [2.05, 4.69) is 6.92 Å². The summed E-state index contributed by atoms with van der Waals surface area (Å²) in [7, 11) is 0. The van der Waals surface area contributed by atoms with E-state index < -0.39 is 6.10 Å². The largest absolute Gasteiger partial charge is 0.491 e. The molecule has 0 aliphatic carbocycles. The number of quaternary nitrogens is 1.